The SMILES string of the molecule is CCC(=O)N1c2ccccc2[C@H](Nc2ccc(NC(=O)C#CCNC(=O)c3ccc(N[C@@H]4C[C@H](C)N(C(=O)CC)c5ccccc54)cc3)cc2)C[C@@H]1C. The van der Waals surface area contributed by atoms with Crippen molar-refractivity contribution in [3.05, 3.63) is 114 Å². The van der Waals surface area contributed by atoms with Crippen molar-refractivity contribution < 1.29 is 19.2 Å². The van der Waals surface area contributed by atoms with Crippen molar-refractivity contribution >= 4 is 52.1 Å². The zero-order chi connectivity index (χ0) is 37.5. The molecule has 4 atom stereocenters. The van der Waals surface area contributed by atoms with E-state index in [1.165, 1.54) is 0 Å². The molecule has 2 aliphatic rings. The highest BCUT2D eigenvalue weighted by atomic mass is 16.2. The van der Waals surface area contributed by atoms with Crippen molar-refractivity contribution in [2.24, 2.45) is 0 Å². The zero-order valence-electron chi connectivity index (χ0n) is 30.6. The number of amides is 4. The van der Waals surface area contributed by atoms with E-state index in [4.69, 9.17) is 0 Å². The van der Waals surface area contributed by atoms with E-state index in [1.807, 2.05) is 96.4 Å². The number of anilines is 5. The Hall–Kier alpha value is -6.08. The van der Waals surface area contributed by atoms with E-state index < -0.39 is 5.91 Å². The second kappa shape index (κ2) is 16.5. The van der Waals surface area contributed by atoms with Gasteiger partial charge in [-0.15, -0.1) is 0 Å². The van der Waals surface area contributed by atoms with Crippen LogP contribution in [0.3, 0.4) is 0 Å². The summed E-state index contributed by atoms with van der Waals surface area (Å²) in [5, 5.41) is 12.7. The lowest BCUT2D eigenvalue weighted by atomic mass is 9.91. The molecule has 53 heavy (non-hydrogen) atoms. The van der Waals surface area contributed by atoms with Crippen molar-refractivity contribution in [3.8, 4) is 11.8 Å². The van der Waals surface area contributed by atoms with Gasteiger partial charge in [-0.2, -0.15) is 0 Å². The van der Waals surface area contributed by atoms with Crippen LogP contribution in [-0.4, -0.2) is 42.3 Å². The Labute approximate surface area is 311 Å². The highest BCUT2D eigenvalue weighted by molar-refractivity contribution is 6.04. The summed E-state index contributed by atoms with van der Waals surface area (Å²) in [5.74, 6) is 4.71. The molecule has 0 radical (unpaired) electrons. The summed E-state index contributed by atoms with van der Waals surface area (Å²) in [6.45, 7) is 7.92. The Bertz CT molecular complexity index is 2030. The maximum absolute atomic E-state index is 12.8. The molecule has 0 aliphatic carbocycles. The first-order chi connectivity index (χ1) is 25.7. The molecule has 0 bridgehead atoms. The van der Waals surface area contributed by atoms with Gasteiger partial charge in [0.25, 0.3) is 11.8 Å². The number of rotatable bonds is 9. The molecule has 10 heteroatoms. The number of carbonyl (C=O) groups excluding carboxylic acids is 4. The molecule has 2 heterocycles. The summed E-state index contributed by atoms with van der Waals surface area (Å²) in [7, 11) is 0. The van der Waals surface area contributed by atoms with Crippen molar-refractivity contribution in [1.29, 1.82) is 0 Å². The fourth-order valence-electron chi connectivity index (χ4n) is 7.28. The second-order valence-electron chi connectivity index (χ2n) is 13.5. The van der Waals surface area contributed by atoms with E-state index in [0.717, 1.165) is 46.7 Å². The average molecular weight is 711 g/mol. The van der Waals surface area contributed by atoms with Gasteiger partial charge in [-0.25, -0.2) is 0 Å². The van der Waals surface area contributed by atoms with Crippen molar-refractivity contribution in [3.63, 3.8) is 0 Å². The molecule has 6 rings (SSSR count). The number of para-hydroxylation sites is 2. The van der Waals surface area contributed by atoms with Gasteiger partial charge in [-0.1, -0.05) is 56.2 Å². The number of fused-ring (bicyclic) bond motifs is 2. The summed E-state index contributed by atoms with van der Waals surface area (Å²) in [5.41, 5.74) is 6.87. The fraction of sp³-hybridized carbons (Fsp3) is 0.302. The third-order valence-electron chi connectivity index (χ3n) is 9.83. The first-order valence-corrected chi connectivity index (χ1v) is 18.3. The second-order valence-corrected chi connectivity index (χ2v) is 13.5. The van der Waals surface area contributed by atoms with Crippen LogP contribution in [0.25, 0.3) is 0 Å². The molecule has 0 unspecified atom stereocenters. The molecule has 2 aliphatic heterocycles. The first-order valence-electron chi connectivity index (χ1n) is 18.3. The van der Waals surface area contributed by atoms with Gasteiger partial charge in [0, 0.05) is 58.9 Å². The summed E-state index contributed by atoms with van der Waals surface area (Å²) in [6.07, 6.45) is 2.44. The summed E-state index contributed by atoms with van der Waals surface area (Å²) in [6, 6.07) is 30.8. The number of nitrogens with one attached hydrogen (secondary N) is 4. The molecule has 0 saturated heterocycles. The van der Waals surface area contributed by atoms with Gasteiger partial charge in [0.2, 0.25) is 11.8 Å². The van der Waals surface area contributed by atoms with Crippen molar-refractivity contribution in [2.75, 3.05) is 32.3 Å². The smallest absolute Gasteiger partial charge is 0.300 e. The Morgan fingerprint density at radius 1 is 0.642 bits per heavy atom. The quantitative estimate of drug-likeness (QED) is 0.134. The van der Waals surface area contributed by atoms with Crippen LogP contribution >= 0.6 is 0 Å². The van der Waals surface area contributed by atoms with Crippen molar-refractivity contribution in [1.82, 2.24) is 5.32 Å². The van der Waals surface area contributed by atoms with E-state index in [1.54, 1.807) is 12.1 Å². The van der Waals surface area contributed by atoms with Crippen LogP contribution in [0, 0.1) is 11.8 Å². The molecule has 4 N–H and O–H groups in total. The summed E-state index contributed by atoms with van der Waals surface area (Å²) in [4.78, 5) is 54.4. The number of benzene rings is 4. The van der Waals surface area contributed by atoms with E-state index in [-0.39, 0.29) is 48.4 Å². The van der Waals surface area contributed by atoms with E-state index in [2.05, 4.69) is 59.1 Å². The van der Waals surface area contributed by atoms with E-state index in [9.17, 15) is 19.2 Å². The maximum Gasteiger partial charge on any atom is 0.300 e. The molecule has 4 aromatic carbocycles. The maximum atomic E-state index is 12.8. The van der Waals surface area contributed by atoms with Gasteiger partial charge in [0.15, 0.2) is 0 Å². The van der Waals surface area contributed by atoms with Gasteiger partial charge >= 0.3 is 0 Å². The lowest BCUT2D eigenvalue weighted by Gasteiger charge is -2.40. The Morgan fingerprint density at radius 2 is 1.09 bits per heavy atom. The minimum absolute atomic E-state index is 0.0153. The van der Waals surface area contributed by atoms with Gasteiger partial charge in [0.05, 0.1) is 18.6 Å². The van der Waals surface area contributed by atoms with Crippen molar-refractivity contribution in [2.45, 2.75) is 77.5 Å². The van der Waals surface area contributed by atoms with E-state index >= 15 is 0 Å². The van der Waals surface area contributed by atoms with E-state index in [0.29, 0.717) is 24.1 Å². The molecule has 4 amide bonds. The van der Waals surface area contributed by atoms with Gasteiger partial charge < -0.3 is 31.1 Å². The molecule has 0 fully saturated rings. The van der Waals surface area contributed by atoms with Crippen LogP contribution in [0.2, 0.25) is 0 Å². The average Bonchev–Trinajstić information content (AvgIpc) is 3.17. The molecule has 4 aromatic rings. The number of carbonyl (C=O) groups is 4. The van der Waals surface area contributed by atoms with Crippen LogP contribution in [0.5, 0.6) is 0 Å². The zero-order valence-corrected chi connectivity index (χ0v) is 30.6. The summed E-state index contributed by atoms with van der Waals surface area (Å²) < 4.78 is 0. The normalized spacial score (nSPS) is 18.7. The minimum Gasteiger partial charge on any atom is -0.378 e. The lowest BCUT2D eigenvalue weighted by Crippen LogP contribution is -2.44. The van der Waals surface area contributed by atoms with Crippen LogP contribution < -0.4 is 31.1 Å². The third-order valence-corrected chi connectivity index (χ3v) is 9.83. The van der Waals surface area contributed by atoms with Crippen LogP contribution in [-0.2, 0) is 14.4 Å². The minimum atomic E-state index is -0.480. The van der Waals surface area contributed by atoms with Gasteiger partial charge in [-0.05, 0) is 104 Å². The standard InChI is InChI=1S/C43H46N6O4/c1-5-41(51)48-28(3)26-36(34-12-7-9-14-38(34)48)45-31-19-17-30(18-20-31)43(53)44-25-11-16-40(50)47-33-23-21-32(22-24-33)46-37-27-29(4)49(42(52)6-2)39-15-10-8-13-35(37)39/h7-10,12-15,17-24,28-29,36-37,45-46H,5-6,25-27H2,1-4H3,(H,44,53)(H,47,50)/t28-,29-,36+,37+/m0/s1. The Morgan fingerprint density at radius 3 is 1.58 bits per heavy atom. The molecular weight excluding hydrogens is 665 g/mol. The van der Waals surface area contributed by atoms with Crippen LogP contribution in [0.4, 0.5) is 28.4 Å². The third kappa shape index (κ3) is 8.36. The topological polar surface area (TPSA) is 123 Å². The van der Waals surface area contributed by atoms with Gasteiger partial charge in [0.1, 0.15) is 0 Å². The number of hydrogen-bond acceptors (Lipinski definition) is 6. The molecule has 0 saturated carbocycles. The summed E-state index contributed by atoms with van der Waals surface area (Å²) >= 11 is 0. The monoisotopic (exact) mass is 710 g/mol. The largest absolute Gasteiger partial charge is 0.378 e. The molecule has 0 spiro atoms. The Kier molecular flexibility index (Phi) is 11.4. The molecule has 272 valence electrons. The predicted octanol–water partition coefficient (Wildman–Crippen LogP) is 7.44. The van der Waals surface area contributed by atoms with Crippen LogP contribution in [0.15, 0.2) is 97.1 Å². The predicted molar refractivity (Wildman–Crippen MR) is 211 cm³/mol. The molecule has 0 aromatic heterocycles. The number of nitrogens with zero attached hydrogens (tertiary/aromatic N) is 2. The van der Waals surface area contributed by atoms with Crippen LogP contribution in [0.1, 0.15) is 86.9 Å². The Balaban J connectivity index is 0.979. The molecule has 10 nitrogen and oxygen atoms in total. The highest BCUT2D eigenvalue weighted by Gasteiger charge is 2.34. The van der Waals surface area contributed by atoms with Gasteiger partial charge in [-0.3, -0.25) is 19.2 Å². The highest BCUT2D eigenvalue weighted by Crippen LogP contribution is 2.40. The fourth-order valence-corrected chi connectivity index (χ4v) is 7.28. The lowest BCUT2D eigenvalue weighted by molar-refractivity contribution is -0.119. The first kappa shape index (κ1) is 36.7. The molecular formula is C43H46N6O4. The number of hydrogen-bond donors (Lipinski definition) is 4.